The standard InChI is InChI=1S/C12H17NO2/c1-7(2)9-4-8(3)12-10(5-9)13-11(14)6-15-12/h4-5,7-8,12H,6H2,1-3H3,(H,13,14). The Hall–Kier alpha value is -1.09. The third-order valence-electron chi connectivity index (χ3n) is 2.91. The average molecular weight is 207 g/mol. The lowest BCUT2D eigenvalue weighted by molar-refractivity contribution is -0.131. The third kappa shape index (κ3) is 1.97. The molecule has 0 saturated carbocycles. The molecular formula is C12H17NO2. The van der Waals surface area contributed by atoms with Gasteiger partial charge in [-0.05, 0) is 17.6 Å². The molecule has 1 N–H and O–H groups in total. The molecule has 0 aromatic heterocycles. The molecule has 2 aliphatic rings. The van der Waals surface area contributed by atoms with Crippen LogP contribution in [-0.2, 0) is 9.53 Å². The van der Waals surface area contributed by atoms with Crippen molar-refractivity contribution in [3.8, 4) is 0 Å². The molecule has 0 spiro atoms. The van der Waals surface area contributed by atoms with Crippen LogP contribution in [0.5, 0.6) is 0 Å². The molecular weight excluding hydrogens is 190 g/mol. The van der Waals surface area contributed by atoms with Gasteiger partial charge in [0.05, 0.1) is 0 Å². The number of morpholine rings is 1. The number of ether oxygens (including phenoxy) is 1. The molecule has 1 fully saturated rings. The summed E-state index contributed by atoms with van der Waals surface area (Å²) in [6.07, 6.45) is 4.31. The number of amides is 1. The van der Waals surface area contributed by atoms with Crippen LogP contribution in [0.1, 0.15) is 20.8 Å². The van der Waals surface area contributed by atoms with Gasteiger partial charge in [-0.1, -0.05) is 26.8 Å². The minimum Gasteiger partial charge on any atom is -0.362 e. The summed E-state index contributed by atoms with van der Waals surface area (Å²) in [6, 6.07) is 0. The molecule has 82 valence electrons. The van der Waals surface area contributed by atoms with Gasteiger partial charge in [-0.2, -0.15) is 0 Å². The summed E-state index contributed by atoms with van der Waals surface area (Å²) >= 11 is 0. The van der Waals surface area contributed by atoms with Crippen molar-refractivity contribution in [1.29, 1.82) is 0 Å². The highest BCUT2D eigenvalue weighted by molar-refractivity contribution is 5.80. The van der Waals surface area contributed by atoms with E-state index in [2.05, 4.69) is 32.2 Å². The molecule has 3 heteroatoms. The van der Waals surface area contributed by atoms with Crippen LogP contribution < -0.4 is 5.32 Å². The van der Waals surface area contributed by atoms with Crippen LogP contribution in [-0.4, -0.2) is 18.6 Å². The molecule has 0 aromatic rings. The number of fused-ring (bicyclic) bond motifs is 1. The van der Waals surface area contributed by atoms with Gasteiger partial charge < -0.3 is 10.1 Å². The van der Waals surface area contributed by atoms with Gasteiger partial charge in [-0.25, -0.2) is 0 Å². The van der Waals surface area contributed by atoms with Gasteiger partial charge in [0, 0.05) is 11.6 Å². The van der Waals surface area contributed by atoms with Crippen molar-refractivity contribution in [3.63, 3.8) is 0 Å². The lowest BCUT2D eigenvalue weighted by Gasteiger charge is -2.33. The second-order valence-corrected chi connectivity index (χ2v) is 4.56. The Kier molecular flexibility index (Phi) is 2.65. The van der Waals surface area contributed by atoms with Crippen LogP contribution in [0.3, 0.4) is 0 Å². The number of carbonyl (C=O) groups excluding carboxylic acids is 1. The van der Waals surface area contributed by atoms with Crippen LogP contribution in [0.25, 0.3) is 0 Å². The first kappa shape index (κ1) is 10.4. The zero-order chi connectivity index (χ0) is 11.0. The van der Waals surface area contributed by atoms with Crippen molar-refractivity contribution in [3.05, 3.63) is 23.4 Å². The van der Waals surface area contributed by atoms with Crippen LogP contribution in [0.15, 0.2) is 23.4 Å². The fourth-order valence-electron chi connectivity index (χ4n) is 2.05. The third-order valence-corrected chi connectivity index (χ3v) is 2.91. The first-order valence-corrected chi connectivity index (χ1v) is 5.42. The predicted octanol–water partition coefficient (Wildman–Crippen LogP) is 1.62. The summed E-state index contributed by atoms with van der Waals surface area (Å²) in [5.74, 6) is 0.775. The maximum Gasteiger partial charge on any atom is 0.250 e. The Morgan fingerprint density at radius 3 is 2.93 bits per heavy atom. The Morgan fingerprint density at radius 2 is 2.27 bits per heavy atom. The van der Waals surface area contributed by atoms with Crippen molar-refractivity contribution in [1.82, 2.24) is 5.32 Å². The number of carbonyl (C=O) groups is 1. The Balaban J connectivity index is 2.26. The Labute approximate surface area is 90.2 Å². The van der Waals surface area contributed by atoms with E-state index in [0.717, 1.165) is 5.70 Å². The van der Waals surface area contributed by atoms with Crippen molar-refractivity contribution in [2.45, 2.75) is 26.9 Å². The van der Waals surface area contributed by atoms with E-state index in [4.69, 9.17) is 4.74 Å². The quantitative estimate of drug-likeness (QED) is 0.709. The van der Waals surface area contributed by atoms with Gasteiger partial charge in [-0.3, -0.25) is 4.79 Å². The fourth-order valence-corrected chi connectivity index (χ4v) is 2.05. The first-order valence-electron chi connectivity index (χ1n) is 5.42. The number of nitrogens with one attached hydrogen (secondary N) is 1. The van der Waals surface area contributed by atoms with Crippen molar-refractivity contribution >= 4 is 5.91 Å². The summed E-state index contributed by atoms with van der Waals surface area (Å²) in [4.78, 5) is 11.2. The second kappa shape index (κ2) is 3.81. The molecule has 1 aliphatic carbocycles. The lowest BCUT2D eigenvalue weighted by atomic mass is 9.87. The minimum atomic E-state index is -0.0466. The summed E-state index contributed by atoms with van der Waals surface area (Å²) < 4.78 is 5.51. The molecule has 1 heterocycles. The highest BCUT2D eigenvalue weighted by Gasteiger charge is 2.30. The molecule has 2 atom stereocenters. The van der Waals surface area contributed by atoms with Crippen LogP contribution >= 0.6 is 0 Å². The molecule has 2 rings (SSSR count). The minimum absolute atomic E-state index is 0.0326. The largest absolute Gasteiger partial charge is 0.362 e. The van der Waals surface area contributed by atoms with E-state index in [1.807, 2.05) is 6.08 Å². The lowest BCUT2D eigenvalue weighted by Crippen LogP contribution is -2.44. The zero-order valence-electron chi connectivity index (χ0n) is 9.41. The molecule has 0 radical (unpaired) electrons. The second-order valence-electron chi connectivity index (χ2n) is 4.56. The topological polar surface area (TPSA) is 38.3 Å². The molecule has 1 saturated heterocycles. The van der Waals surface area contributed by atoms with Crippen LogP contribution in [0.4, 0.5) is 0 Å². The van der Waals surface area contributed by atoms with Gasteiger partial charge in [-0.15, -0.1) is 0 Å². The van der Waals surface area contributed by atoms with E-state index in [9.17, 15) is 4.79 Å². The summed E-state index contributed by atoms with van der Waals surface area (Å²) in [6.45, 7) is 6.61. The maximum absolute atomic E-state index is 11.2. The first-order chi connectivity index (χ1) is 7.08. The Morgan fingerprint density at radius 1 is 1.53 bits per heavy atom. The summed E-state index contributed by atoms with van der Waals surface area (Å²) in [5, 5.41) is 2.89. The monoisotopic (exact) mass is 207 g/mol. The molecule has 1 amide bonds. The number of hydrogen-bond acceptors (Lipinski definition) is 2. The highest BCUT2D eigenvalue weighted by atomic mass is 16.5. The molecule has 3 nitrogen and oxygen atoms in total. The van der Waals surface area contributed by atoms with Crippen molar-refractivity contribution in [2.75, 3.05) is 6.61 Å². The van der Waals surface area contributed by atoms with Gasteiger partial charge in [0.15, 0.2) is 0 Å². The van der Waals surface area contributed by atoms with E-state index in [0.29, 0.717) is 11.8 Å². The van der Waals surface area contributed by atoms with Gasteiger partial charge >= 0.3 is 0 Å². The fraction of sp³-hybridized carbons (Fsp3) is 0.583. The molecule has 0 bridgehead atoms. The normalized spacial score (nSPS) is 30.5. The van der Waals surface area contributed by atoms with E-state index in [1.54, 1.807) is 0 Å². The van der Waals surface area contributed by atoms with Gasteiger partial charge in [0.2, 0.25) is 5.91 Å². The van der Waals surface area contributed by atoms with Gasteiger partial charge in [0.1, 0.15) is 12.7 Å². The molecule has 2 unspecified atom stereocenters. The highest BCUT2D eigenvalue weighted by Crippen LogP contribution is 2.29. The van der Waals surface area contributed by atoms with Crippen molar-refractivity contribution < 1.29 is 9.53 Å². The van der Waals surface area contributed by atoms with Crippen LogP contribution in [0.2, 0.25) is 0 Å². The van der Waals surface area contributed by atoms with E-state index < -0.39 is 0 Å². The van der Waals surface area contributed by atoms with Crippen molar-refractivity contribution in [2.24, 2.45) is 11.8 Å². The molecule has 1 aliphatic heterocycles. The molecule has 15 heavy (non-hydrogen) atoms. The number of hydrogen-bond donors (Lipinski definition) is 1. The Bertz CT molecular complexity index is 342. The van der Waals surface area contributed by atoms with E-state index in [1.165, 1.54) is 5.57 Å². The maximum atomic E-state index is 11.2. The average Bonchev–Trinajstić information content (AvgIpc) is 2.16. The van der Waals surface area contributed by atoms with E-state index >= 15 is 0 Å². The summed E-state index contributed by atoms with van der Waals surface area (Å²) in [5.41, 5.74) is 2.20. The predicted molar refractivity (Wildman–Crippen MR) is 58.1 cm³/mol. The number of allylic oxidation sites excluding steroid dienone is 2. The summed E-state index contributed by atoms with van der Waals surface area (Å²) in [7, 11) is 0. The number of rotatable bonds is 1. The SMILES string of the molecule is CC(C)C1=CC(C)C2OCC(=O)NC2=C1. The van der Waals surface area contributed by atoms with Gasteiger partial charge in [0.25, 0.3) is 0 Å². The molecule has 0 aromatic carbocycles. The van der Waals surface area contributed by atoms with E-state index in [-0.39, 0.29) is 18.6 Å². The van der Waals surface area contributed by atoms with Crippen LogP contribution in [0, 0.1) is 11.8 Å². The zero-order valence-corrected chi connectivity index (χ0v) is 9.41. The smallest absolute Gasteiger partial charge is 0.250 e.